The zero-order valence-corrected chi connectivity index (χ0v) is 17.1. The molecule has 6 nitrogen and oxygen atoms in total. The summed E-state index contributed by atoms with van der Waals surface area (Å²) in [5.74, 6) is 1.96. The molecule has 0 fully saturated rings. The van der Waals surface area contributed by atoms with E-state index < -0.39 is 0 Å². The largest absolute Gasteiger partial charge is 0.497 e. The average Bonchev–Trinajstić information content (AvgIpc) is 2.72. The van der Waals surface area contributed by atoms with Crippen molar-refractivity contribution in [3.8, 4) is 17.2 Å². The molecule has 2 aromatic carbocycles. The molecule has 0 saturated heterocycles. The SMILES string of the molecule is COc1cc(/C=C/C(=O)NCC(c2ccccc2OC)N(C)C)cc(OC)c1. The number of likely N-dealkylation sites (N-methyl/N-ethyl adjacent to an activating group) is 1. The van der Waals surface area contributed by atoms with Gasteiger partial charge in [-0.3, -0.25) is 4.79 Å². The van der Waals surface area contributed by atoms with Crippen LogP contribution in [0.4, 0.5) is 0 Å². The quantitative estimate of drug-likeness (QED) is 0.673. The zero-order valence-electron chi connectivity index (χ0n) is 17.1. The van der Waals surface area contributed by atoms with Crippen LogP contribution in [0, 0.1) is 0 Å². The standard InChI is InChI=1S/C22H28N2O4/c1-24(2)20(19-8-6-7-9-21(19)28-5)15-23-22(25)11-10-16-12-17(26-3)14-18(13-16)27-4/h6-14,20H,15H2,1-5H3,(H,23,25)/b11-10+. The maximum Gasteiger partial charge on any atom is 0.244 e. The molecule has 1 N–H and O–H groups in total. The van der Waals surface area contributed by atoms with Crippen molar-refractivity contribution >= 4 is 12.0 Å². The molecule has 0 heterocycles. The fourth-order valence-corrected chi connectivity index (χ4v) is 2.87. The minimum Gasteiger partial charge on any atom is -0.497 e. The first-order valence-electron chi connectivity index (χ1n) is 8.96. The molecule has 0 saturated carbocycles. The molecule has 2 aromatic rings. The van der Waals surface area contributed by atoms with Crippen molar-refractivity contribution in [1.29, 1.82) is 0 Å². The van der Waals surface area contributed by atoms with Gasteiger partial charge in [-0.15, -0.1) is 0 Å². The van der Waals surface area contributed by atoms with E-state index in [0.29, 0.717) is 18.0 Å². The summed E-state index contributed by atoms with van der Waals surface area (Å²) >= 11 is 0. The molecular weight excluding hydrogens is 356 g/mol. The van der Waals surface area contributed by atoms with Gasteiger partial charge in [0.1, 0.15) is 17.2 Å². The zero-order chi connectivity index (χ0) is 20.5. The fraction of sp³-hybridized carbons (Fsp3) is 0.318. The molecule has 2 rings (SSSR count). The Labute approximate surface area is 166 Å². The Hall–Kier alpha value is -2.99. The molecule has 1 unspecified atom stereocenters. The van der Waals surface area contributed by atoms with Gasteiger partial charge in [-0.25, -0.2) is 0 Å². The number of para-hydroxylation sites is 1. The number of hydrogen-bond acceptors (Lipinski definition) is 5. The maximum absolute atomic E-state index is 12.3. The molecule has 0 aliphatic heterocycles. The van der Waals surface area contributed by atoms with E-state index in [2.05, 4.69) is 10.2 Å². The molecule has 0 aliphatic carbocycles. The summed E-state index contributed by atoms with van der Waals surface area (Å²) in [5.41, 5.74) is 1.84. The second kappa shape index (κ2) is 10.4. The number of nitrogens with zero attached hydrogens (tertiary/aromatic N) is 1. The second-order valence-corrected chi connectivity index (χ2v) is 6.45. The number of hydrogen-bond donors (Lipinski definition) is 1. The highest BCUT2D eigenvalue weighted by Crippen LogP contribution is 2.27. The highest BCUT2D eigenvalue weighted by atomic mass is 16.5. The normalized spacial score (nSPS) is 12.1. The number of carbonyl (C=O) groups is 1. The monoisotopic (exact) mass is 384 g/mol. The highest BCUT2D eigenvalue weighted by Gasteiger charge is 2.18. The molecule has 0 aliphatic rings. The second-order valence-electron chi connectivity index (χ2n) is 6.45. The summed E-state index contributed by atoms with van der Waals surface area (Å²) < 4.78 is 16.0. The Bertz CT molecular complexity index is 796. The molecule has 0 spiro atoms. The summed E-state index contributed by atoms with van der Waals surface area (Å²) in [7, 11) is 8.78. The summed E-state index contributed by atoms with van der Waals surface area (Å²) in [5, 5.41) is 2.96. The Morgan fingerprint density at radius 1 is 1.04 bits per heavy atom. The number of carbonyl (C=O) groups excluding carboxylic acids is 1. The minimum atomic E-state index is -0.177. The van der Waals surface area contributed by atoms with E-state index in [4.69, 9.17) is 14.2 Å². The van der Waals surface area contributed by atoms with Crippen molar-refractivity contribution < 1.29 is 19.0 Å². The van der Waals surface area contributed by atoms with Crippen LogP contribution in [0.3, 0.4) is 0 Å². The smallest absolute Gasteiger partial charge is 0.244 e. The number of ether oxygens (including phenoxy) is 3. The minimum absolute atomic E-state index is 0.00888. The van der Waals surface area contributed by atoms with Crippen LogP contribution in [0.15, 0.2) is 48.5 Å². The molecule has 1 atom stereocenters. The third-order valence-electron chi connectivity index (χ3n) is 4.39. The Balaban J connectivity index is 2.06. The van der Waals surface area contributed by atoms with Crippen molar-refractivity contribution in [2.24, 2.45) is 0 Å². The van der Waals surface area contributed by atoms with Crippen molar-refractivity contribution in [2.75, 3.05) is 42.0 Å². The van der Waals surface area contributed by atoms with Crippen molar-refractivity contribution in [1.82, 2.24) is 10.2 Å². The molecule has 6 heteroatoms. The maximum atomic E-state index is 12.3. The summed E-state index contributed by atoms with van der Waals surface area (Å²) in [4.78, 5) is 14.4. The van der Waals surface area contributed by atoms with E-state index in [1.165, 1.54) is 6.08 Å². The van der Waals surface area contributed by atoms with Crippen LogP contribution < -0.4 is 19.5 Å². The van der Waals surface area contributed by atoms with Crippen LogP contribution in [-0.4, -0.2) is 52.8 Å². The average molecular weight is 384 g/mol. The van der Waals surface area contributed by atoms with Gasteiger partial charge in [-0.1, -0.05) is 18.2 Å². The number of amides is 1. The van der Waals surface area contributed by atoms with Gasteiger partial charge in [0.2, 0.25) is 5.91 Å². The topological polar surface area (TPSA) is 60.0 Å². The molecule has 0 bridgehead atoms. The van der Waals surface area contributed by atoms with Gasteiger partial charge >= 0.3 is 0 Å². The third kappa shape index (κ3) is 5.76. The first-order valence-corrected chi connectivity index (χ1v) is 8.96. The van der Waals surface area contributed by atoms with Crippen LogP contribution in [0.5, 0.6) is 17.2 Å². The lowest BCUT2D eigenvalue weighted by Crippen LogP contribution is -2.33. The van der Waals surface area contributed by atoms with Gasteiger partial charge in [-0.05, 0) is 43.9 Å². The summed E-state index contributed by atoms with van der Waals surface area (Å²) in [6.45, 7) is 0.456. The van der Waals surface area contributed by atoms with E-state index in [1.54, 1.807) is 33.5 Å². The number of benzene rings is 2. The van der Waals surface area contributed by atoms with Crippen LogP contribution in [0.1, 0.15) is 17.2 Å². The molecular formula is C22H28N2O4. The first-order chi connectivity index (χ1) is 13.5. The number of methoxy groups -OCH3 is 3. The summed E-state index contributed by atoms with van der Waals surface area (Å²) in [6, 6.07) is 13.3. The Morgan fingerprint density at radius 3 is 2.25 bits per heavy atom. The fourth-order valence-electron chi connectivity index (χ4n) is 2.87. The van der Waals surface area contributed by atoms with E-state index in [9.17, 15) is 4.79 Å². The Morgan fingerprint density at radius 2 is 1.68 bits per heavy atom. The lowest BCUT2D eigenvalue weighted by Gasteiger charge is -2.26. The van der Waals surface area contributed by atoms with Gasteiger partial charge < -0.3 is 24.4 Å². The first kappa shape index (κ1) is 21.3. The Kier molecular flexibility index (Phi) is 7.89. The molecule has 0 aromatic heterocycles. The van der Waals surface area contributed by atoms with Crippen LogP contribution in [-0.2, 0) is 4.79 Å². The lowest BCUT2D eigenvalue weighted by molar-refractivity contribution is -0.116. The van der Waals surface area contributed by atoms with Crippen molar-refractivity contribution in [3.05, 3.63) is 59.7 Å². The van der Waals surface area contributed by atoms with Gasteiger partial charge in [0.25, 0.3) is 0 Å². The van der Waals surface area contributed by atoms with Crippen LogP contribution in [0.2, 0.25) is 0 Å². The van der Waals surface area contributed by atoms with Gasteiger partial charge in [-0.2, -0.15) is 0 Å². The predicted molar refractivity (Wildman–Crippen MR) is 111 cm³/mol. The number of rotatable bonds is 9. The van der Waals surface area contributed by atoms with E-state index >= 15 is 0 Å². The van der Waals surface area contributed by atoms with E-state index in [0.717, 1.165) is 16.9 Å². The van der Waals surface area contributed by atoms with Gasteiger partial charge in [0.15, 0.2) is 0 Å². The molecule has 28 heavy (non-hydrogen) atoms. The molecule has 0 radical (unpaired) electrons. The molecule has 150 valence electrons. The van der Waals surface area contributed by atoms with E-state index in [1.807, 2.05) is 50.5 Å². The van der Waals surface area contributed by atoms with Crippen LogP contribution in [0.25, 0.3) is 6.08 Å². The van der Waals surface area contributed by atoms with Crippen molar-refractivity contribution in [2.45, 2.75) is 6.04 Å². The highest BCUT2D eigenvalue weighted by molar-refractivity contribution is 5.91. The number of nitrogens with one attached hydrogen (secondary N) is 1. The van der Waals surface area contributed by atoms with E-state index in [-0.39, 0.29) is 11.9 Å². The lowest BCUT2D eigenvalue weighted by atomic mass is 10.0. The third-order valence-corrected chi connectivity index (χ3v) is 4.39. The van der Waals surface area contributed by atoms with Gasteiger partial charge in [0.05, 0.1) is 27.4 Å². The molecule has 1 amide bonds. The predicted octanol–water partition coefficient (Wildman–Crippen LogP) is 3.14. The van der Waals surface area contributed by atoms with Crippen molar-refractivity contribution in [3.63, 3.8) is 0 Å². The summed E-state index contributed by atoms with van der Waals surface area (Å²) in [6.07, 6.45) is 3.23. The van der Waals surface area contributed by atoms with Gasteiger partial charge in [0, 0.05) is 24.3 Å². The van der Waals surface area contributed by atoms with Crippen LogP contribution >= 0.6 is 0 Å².